The lowest BCUT2D eigenvalue weighted by Crippen LogP contribution is -2.12. The number of nitrogens with zero attached hydrogens (tertiary/aromatic N) is 1. The van der Waals surface area contributed by atoms with Gasteiger partial charge in [-0.1, -0.05) is 59.3 Å². The molecule has 1 N–H and O–H groups in total. The van der Waals surface area contributed by atoms with Crippen LogP contribution in [0.1, 0.15) is 21.5 Å². The fourth-order valence-corrected chi connectivity index (χ4v) is 3.44. The molecule has 24 heavy (non-hydrogen) atoms. The molecule has 1 aliphatic rings. The summed E-state index contributed by atoms with van der Waals surface area (Å²) < 4.78 is 0. The number of carbonyl (C=O) groups excluding carboxylic acids is 1. The van der Waals surface area contributed by atoms with Gasteiger partial charge in [-0.2, -0.15) is 5.26 Å². The number of aryl methyl sites for hydroxylation is 1. The van der Waals surface area contributed by atoms with Gasteiger partial charge in [-0.3, -0.25) is 4.79 Å². The van der Waals surface area contributed by atoms with Crippen molar-refractivity contribution in [1.29, 1.82) is 5.26 Å². The minimum absolute atomic E-state index is 0.0620. The van der Waals surface area contributed by atoms with Gasteiger partial charge in [-0.15, -0.1) is 0 Å². The minimum atomic E-state index is -0.378. The molecule has 0 unspecified atom stereocenters. The molecule has 0 aliphatic carbocycles. The number of nitrogens with one attached hydrogen (secondary N) is 1. The highest BCUT2D eigenvalue weighted by Crippen LogP contribution is 2.33. The highest BCUT2D eigenvalue weighted by Gasteiger charge is 2.23. The molecule has 0 saturated heterocycles. The summed E-state index contributed by atoms with van der Waals surface area (Å²) in [6.07, 6.45) is 0. The van der Waals surface area contributed by atoms with Crippen LogP contribution in [0.25, 0.3) is 5.70 Å². The van der Waals surface area contributed by atoms with Crippen molar-refractivity contribution in [3.63, 3.8) is 0 Å². The maximum Gasteiger partial charge on any atom is 0.207 e. The number of carbonyl (C=O) groups is 1. The van der Waals surface area contributed by atoms with E-state index in [-0.39, 0.29) is 11.4 Å². The lowest BCUT2D eigenvalue weighted by molar-refractivity contribution is 0.103. The number of hydrogen-bond acceptors (Lipinski definition) is 4. The van der Waals surface area contributed by atoms with Gasteiger partial charge in [-0.05, 0) is 30.7 Å². The Labute approximate surface area is 149 Å². The first-order chi connectivity index (χ1) is 11.6. The number of ketones is 1. The van der Waals surface area contributed by atoms with Gasteiger partial charge in [0.25, 0.3) is 0 Å². The number of hydrogen-bond donors (Lipinski definition) is 1. The summed E-state index contributed by atoms with van der Waals surface area (Å²) in [5.41, 5.74) is 3.42. The molecular weight excluding hydrogens is 340 g/mol. The zero-order chi connectivity index (χ0) is 17.1. The Balaban J connectivity index is 1.91. The van der Waals surface area contributed by atoms with E-state index >= 15 is 0 Å². The van der Waals surface area contributed by atoms with Crippen molar-refractivity contribution < 1.29 is 4.79 Å². The van der Waals surface area contributed by atoms with Crippen molar-refractivity contribution in [1.82, 2.24) is 5.32 Å². The van der Waals surface area contributed by atoms with Crippen LogP contribution in [0.15, 0.2) is 64.5 Å². The molecule has 0 fully saturated rings. The summed E-state index contributed by atoms with van der Waals surface area (Å²) in [4.78, 5) is 12.6. The summed E-state index contributed by atoms with van der Waals surface area (Å²) in [7, 11) is 0. The molecule has 0 amide bonds. The van der Waals surface area contributed by atoms with E-state index in [1.54, 1.807) is 24.3 Å². The Morgan fingerprint density at radius 1 is 1.21 bits per heavy atom. The quantitative estimate of drug-likeness (QED) is 0.485. The van der Waals surface area contributed by atoms with Gasteiger partial charge in [0.15, 0.2) is 0 Å². The molecule has 0 aromatic heterocycles. The van der Waals surface area contributed by atoms with Crippen LogP contribution in [0.4, 0.5) is 0 Å². The molecule has 118 valence electrons. The third-order valence-corrected chi connectivity index (χ3v) is 4.78. The molecule has 2 aromatic carbocycles. The number of benzene rings is 2. The van der Waals surface area contributed by atoms with Gasteiger partial charge in [-0.25, -0.2) is 0 Å². The first-order valence-electron chi connectivity index (χ1n) is 7.24. The third-order valence-electron chi connectivity index (χ3n) is 3.56. The van der Waals surface area contributed by atoms with Crippen molar-refractivity contribution in [3.05, 3.63) is 86.3 Å². The molecule has 1 aliphatic heterocycles. The Hall–Kier alpha value is -2.48. The molecule has 0 radical (unpaired) electrons. The van der Waals surface area contributed by atoms with Crippen molar-refractivity contribution >= 4 is 34.8 Å². The molecular formula is C19H13ClN2OS. The molecule has 5 heteroatoms. The van der Waals surface area contributed by atoms with Gasteiger partial charge >= 0.3 is 0 Å². The molecule has 3 nitrogen and oxygen atoms in total. The summed E-state index contributed by atoms with van der Waals surface area (Å²) in [5, 5.41) is 15.4. The number of thioether (sulfide) groups is 1. The topological polar surface area (TPSA) is 52.9 Å². The Morgan fingerprint density at radius 2 is 2.00 bits per heavy atom. The fraction of sp³-hybridized carbons (Fsp3) is 0.0526. The molecule has 2 aromatic rings. The molecule has 0 bridgehead atoms. The van der Waals surface area contributed by atoms with Crippen molar-refractivity contribution in [2.75, 3.05) is 0 Å². The van der Waals surface area contributed by atoms with E-state index in [0.29, 0.717) is 15.6 Å². The van der Waals surface area contributed by atoms with Gasteiger partial charge in [0.1, 0.15) is 11.6 Å². The van der Waals surface area contributed by atoms with E-state index in [1.807, 2.05) is 42.7 Å². The predicted molar refractivity (Wildman–Crippen MR) is 98.3 cm³/mol. The lowest BCUT2D eigenvalue weighted by atomic mass is 10.0. The van der Waals surface area contributed by atoms with Crippen molar-refractivity contribution in [2.24, 2.45) is 0 Å². The highest BCUT2D eigenvalue weighted by atomic mass is 35.5. The van der Waals surface area contributed by atoms with E-state index in [9.17, 15) is 10.1 Å². The van der Waals surface area contributed by atoms with Crippen LogP contribution in [-0.4, -0.2) is 5.78 Å². The first-order valence-corrected chi connectivity index (χ1v) is 8.50. The fourth-order valence-electron chi connectivity index (χ4n) is 2.36. The Bertz CT molecular complexity index is 925. The van der Waals surface area contributed by atoms with Crippen LogP contribution < -0.4 is 5.32 Å². The summed E-state index contributed by atoms with van der Waals surface area (Å²) >= 11 is 7.41. The normalized spacial score (nSPS) is 15.3. The number of nitriles is 1. The Morgan fingerprint density at radius 3 is 2.71 bits per heavy atom. The van der Waals surface area contributed by atoms with Crippen LogP contribution in [0.3, 0.4) is 0 Å². The molecule has 0 saturated carbocycles. The molecule has 0 spiro atoms. The third kappa shape index (κ3) is 3.23. The minimum Gasteiger partial charge on any atom is -0.348 e. The second kappa shape index (κ2) is 6.96. The monoisotopic (exact) mass is 352 g/mol. The van der Waals surface area contributed by atoms with Gasteiger partial charge < -0.3 is 5.32 Å². The maximum absolute atomic E-state index is 12.6. The van der Waals surface area contributed by atoms with Gasteiger partial charge in [0.05, 0.1) is 15.7 Å². The van der Waals surface area contributed by atoms with E-state index in [1.165, 1.54) is 11.8 Å². The van der Waals surface area contributed by atoms with Crippen molar-refractivity contribution in [2.45, 2.75) is 6.92 Å². The van der Waals surface area contributed by atoms with E-state index in [4.69, 9.17) is 11.6 Å². The Kier molecular flexibility index (Phi) is 4.75. The number of rotatable bonds is 3. The predicted octanol–water partition coefficient (Wildman–Crippen LogP) is 4.90. The van der Waals surface area contributed by atoms with Crippen LogP contribution in [0.2, 0.25) is 5.02 Å². The largest absolute Gasteiger partial charge is 0.348 e. The highest BCUT2D eigenvalue weighted by molar-refractivity contribution is 8.06. The summed E-state index contributed by atoms with van der Waals surface area (Å²) in [5.74, 6) is -0.378. The van der Waals surface area contributed by atoms with Crippen molar-refractivity contribution in [3.8, 4) is 6.07 Å². The smallest absolute Gasteiger partial charge is 0.207 e. The SMILES string of the molecule is Cc1cccc(C2=CS/C(=C(\C#N)C(=O)c3ccccc3Cl)N2)c1. The van der Waals surface area contributed by atoms with Crippen LogP contribution in [-0.2, 0) is 0 Å². The number of Topliss-reactive ketones (excluding diaryl/α,β-unsaturated/α-hetero) is 1. The van der Waals surface area contributed by atoms with Gasteiger partial charge in [0, 0.05) is 11.0 Å². The molecule has 1 heterocycles. The maximum atomic E-state index is 12.6. The zero-order valence-corrected chi connectivity index (χ0v) is 14.4. The van der Waals surface area contributed by atoms with Crippen LogP contribution in [0.5, 0.6) is 0 Å². The average Bonchev–Trinajstić information content (AvgIpc) is 3.05. The zero-order valence-electron chi connectivity index (χ0n) is 12.8. The van der Waals surface area contributed by atoms with E-state index < -0.39 is 0 Å². The first kappa shape index (κ1) is 16.4. The van der Waals surface area contributed by atoms with E-state index in [0.717, 1.165) is 16.8 Å². The lowest BCUT2D eigenvalue weighted by Gasteiger charge is -2.08. The average molecular weight is 353 g/mol. The number of allylic oxidation sites excluding steroid dienone is 1. The number of halogens is 1. The summed E-state index contributed by atoms with van der Waals surface area (Å²) in [6.45, 7) is 2.02. The van der Waals surface area contributed by atoms with E-state index in [2.05, 4.69) is 5.32 Å². The van der Waals surface area contributed by atoms with Crippen LogP contribution in [0, 0.1) is 18.3 Å². The summed E-state index contributed by atoms with van der Waals surface area (Å²) in [6, 6.07) is 16.8. The molecule has 0 atom stereocenters. The van der Waals surface area contributed by atoms with Gasteiger partial charge in [0.2, 0.25) is 5.78 Å². The molecule has 3 rings (SSSR count). The van der Waals surface area contributed by atoms with Crippen LogP contribution >= 0.6 is 23.4 Å². The standard InChI is InChI=1S/C19H13ClN2OS/c1-12-5-4-6-13(9-12)17-11-24-19(22-17)15(10-21)18(23)14-7-2-3-8-16(14)20/h2-9,11,22H,1H3/b19-15+. The second-order valence-electron chi connectivity index (χ2n) is 5.27. The second-order valence-corrected chi connectivity index (χ2v) is 6.56.